The summed E-state index contributed by atoms with van der Waals surface area (Å²) in [6, 6.07) is 15.4. The maximum atomic E-state index is 5.26. The Kier molecular flexibility index (Phi) is 5.54. The van der Waals surface area contributed by atoms with Crippen LogP contribution in [0.3, 0.4) is 0 Å². The molecule has 1 unspecified atom stereocenters. The van der Waals surface area contributed by atoms with Crippen molar-refractivity contribution in [2.45, 2.75) is 40.0 Å². The molecule has 0 aromatic heterocycles. The summed E-state index contributed by atoms with van der Waals surface area (Å²) < 4.78 is 5.26. The van der Waals surface area contributed by atoms with E-state index in [0.717, 1.165) is 6.54 Å². The van der Waals surface area contributed by atoms with E-state index in [-0.39, 0.29) is 0 Å². The molecule has 1 N–H and O–H groups in total. The van der Waals surface area contributed by atoms with Crippen LogP contribution in [0.25, 0.3) is 0 Å². The number of benzene rings is 2. The molecule has 0 radical (unpaired) electrons. The van der Waals surface area contributed by atoms with Crippen molar-refractivity contribution in [1.29, 1.82) is 0 Å². The molecule has 0 bridgehead atoms. The molecule has 0 amide bonds. The minimum absolute atomic E-state index is 0.334. The first-order chi connectivity index (χ1) is 10.1. The van der Waals surface area contributed by atoms with Crippen molar-refractivity contribution in [2.75, 3.05) is 7.11 Å². The Morgan fingerprint density at radius 2 is 1.76 bits per heavy atom. The highest BCUT2D eigenvalue weighted by molar-refractivity contribution is 5.33. The third-order valence-corrected chi connectivity index (χ3v) is 3.91. The first-order valence-corrected chi connectivity index (χ1v) is 7.48. The van der Waals surface area contributed by atoms with Gasteiger partial charge >= 0.3 is 0 Å². The summed E-state index contributed by atoms with van der Waals surface area (Å²) in [5.41, 5.74) is 6.58. The average molecular weight is 283 g/mol. The number of rotatable bonds is 6. The molecular weight excluding hydrogens is 258 g/mol. The summed E-state index contributed by atoms with van der Waals surface area (Å²) in [7, 11) is 1.74. The summed E-state index contributed by atoms with van der Waals surface area (Å²) in [6.07, 6.45) is 0. The quantitative estimate of drug-likeness (QED) is 0.853. The van der Waals surface area contributed by atoms with Gasteiger partial charge in [-0.05, 0) is 43.0 Å². The van der Waals surface area contributed by atoms with Crippen LogP contribution in [-0.4, -0.2) is 7.11 Å². The lowest BCUT2D eigenvalue weighted by molar-refractivity contribution is 0.184. The van der Waals surface area contributed by atoms with E-state index in [1.54, 1.807) is 7.11 Å². The molecule has 0 saturated heterocycles. The van der Waals surface area contributed by atoms with Gasteiger partial charge in [-0.3, -0.25) is 0 Å². The Morgan fingerprint density at radius 3 is 2.43 bits per heavy atom. The number of methoxy groups -OCH3 is 1. The van der Waals surface area contributed by atoms with Gasteiger partial charge < -0.3 is 10.1 Å². The monoisotopic (exact) mass is 283 g/mol. The van der Waals surface area contributed by atoms with Crippen molar-refractivity contribution in [3.63, 3.8) is 0 Å². The van der Waals surface area contributed by atoms with Crippen LogP contribution < -0.4 is 5.32 Å². The number of hydrogen-bond donors (Lipinski definition) is 1. The molecule has 1 atom stereocenters. The normalized spacial score (nSPS) is 12.4. The van der Waals surface area contributed by atoms with Gasteiger partial charge in [-0.2, -0.15) is 0 Å². The third kappa shape index (κ3) is 4.16. The van der Waals surface area contributed by atoms with Crippen LogP contribution in [0, 0.1) is 13.8 Å². The first-order valence-electron chi connectivity index (χ1n) is 7.48. The minimum atomic E-state index is 0.334. The Hall–Kier alpha value is -1.64. The second-order valence-corrected chi connectivity index (χ2v) is 5.66. The highest BCUT2D eigenvalue weighted by Gasteiger charge is 2.09. The SMILES string of the molecule is COCc1ccccc1CNC(C)c1ccc(C)cc1C. The van der Waals surface area contributed by atoms with E-state index in [2.05, 4.69) is 68.6 Å². The van der Waals surface area contributed by atoms with Crippen molar-refractivity contribution >= 4 is 0 Å². The average Bonchev–Trinajstić information content (AvgIpc) is 2.46. The van der Waals surface area contributed by atoms with Crippen molar-refractivity contribution in [3.8, 4) is 0 Å². The standard InChI is InChI=1S/C19H25NO/c1-14-9-10-19(15(2)11-14)16(3)20-12-17-7-5-6-8-18(17)13-21-4/h5-11,16,20H,12-13H2,1-4H3. The summed E-state index contributed by atoms with van der Waals surface area (Å²) in [4.78, 5) is 0. The highest BCUT2D eigenvalue weighted by Crippen LogP contribution is 2.19. The lowest BCUT2D eigenvalue weighted by Gasteiger charge is -2.18. The predicted octanol–water partition coefficient (Wildman–Crippen LogP) is 4.30. The van der Waals surface area contributed by atoms with E-state index in [1.165, 1.54) is 27.8 Å². The van der Waals surface area contributed by atoms with Gasteiger partial charge in [0.25, 0.3) is 0 Å². The van der Waals surface area contributed by atoms with Gasteiger partial charge in [-0.25, -0.2) is 0 Å². The van der Waals surface area contributed by atoms with Gasteiger partial charge in [-0.1, -0.05) is 48.0 Å². The summed E-state index contributed by atoms with van der Waals surface area (Å²) in [5, 5.41) is 3.62. The molecule has 2 nitrogen and oxygen atoms in total. The summed E-state index contributed by atoms with van der Waals surface area (Å²) >= 11 is 0. The molecule has 2 rings (SSSR count). The lowest BCUT2D eigenvalue weighted by atomic mass is 10.00. The molecule has 0 saturated carbocycles. The summed E-state index contributed by atoms with van der Waals surface area (Å²) in [5.74, 6) is 0. The number of nitrogens with one attached hydrogen (secondary N) is 1. The molecule has 0 aliphatic carbocycles. The molecule has 0 spiro atoms. The van der Waals surface area contributed by atoms with Crippen LogP contribution in [0.15, 0.2) is 42.5 Å². The van der Waals surface area contributed by atoms with Crippen LogP contribution in [0.5, 0.6) is 0 Å². The molecule has 0 aliphatic rings. The third-order valence-electron chi connectivity index (χ3n) is 3.91. The maximum absolute atomic E-state index is 5.26. The molecule has 2 aromatic rings. The first kappa shape index (κ1) is 15.7. The zero-order valence-corrected chi connectivity index (χ0v) is 13.4. The van der Waals surface area contributed by atoms with Gasteiger partial charge in [0.15, 0.2) is 0 Å². The Bertz CT molecular complexity index is 592. The fraction of sp³-hybridized carbons (Fsp3) is 0.368. The molecule has 0 heterocycles. The molecular formula is C19H25NO. The fourth-order valence-electron chi connectivity index (χ4n) is 2.71. The molecule has 112 valence electrons. The predicted molar refractivity (Wildman–Crippen MR) is 88.3 cm³/mol. The Balaban J connectivity index is 2.05. The number of hydrogen-bond acceptors (Lipinski definition) is 2. The van der Waals surface area contributed by atoms with E-state index < -0.39 is 0 Å². The van der Waals surface area contributed by atoms with Gasteiger partial charge in [0.05, 0.1) is 6.61 Å². The minimum Gasteiger partial charge on any atom is -0.380 e. The largest absolute Gasteiger partial charge is 0.380 e. The molecule has 0 aliphatic heterocycles. The van der Waals surface area contributed by atoms with E-state index >= 15 is 0 Å². The van der Waals surface area contributed by atoms with Crippen LogP contribution in [0.1, 0.15) is 40.8 Å². The van der Waals surface area contributed by atoms with Crippen LogP contribution in [0.2, 0.25) is 0 Å². The lowest BCUT2D eigenvalue weighted by Crippen LogP contribution is -2.19. The van der Waals surface area contributed by atoms with Crippen molar-refractivity contribution in [2.24, 2.45) is 0 Å². The summed E-state index contributed by atoms with van der Waals surface area (Å²) in [6.45, 7) is 8.05. The number of ether oxygens (including phenoxy) is 1. The van der Waals surface area contributed by atoms with Crippen LogP contribution >= 0.6 is 0 Å². The van der Waals surface area contributed by atoms with Gasteiger partial charge in [-0.15, -0.1) is 0 Å². The molecule has 2 heteroatoms. The van der Waals surface area contributed by atoms with E-state index in [4.69, 9.17) is 4.74 Å². The van der Waals surface area contributed by atoms with Crippen LogP contribution in [-0.2, 0) is 17.9 Å². The molecule has 21 heavy (non-hydrogen) atoms. The Labute approximate surface area is 128 Å². The van der Waals surface area contributed by atoms with Crippen molar-refractivity contribution in [3.05, 3.63) is 70.3 Å². The maximum Gasteiger partial charge on any atom is 0.0716 e. The van der Waals surface area contributed by atoms with E-state index in [9.17, 15) is 0 Å². The zero-order valence-electron chi connectivity index (χ0n) is 13.4. The Morgan fingerprint density at radius 1 is 1.05 bits per heavy atom. The molecule has 2 aromatic carbocycles. The van der Waals surface area contributed by atoms with Gasteiger partial charge in [0.1, 0.15) is 0 Å². The second-order valence-electron chi connectivity index (χ2n) is 5.66. The fourth-order valence-corrected chi connectivity index (χ4v) is 2.71. The van der Waals surface area contributed by atoms with Crippen molar-refractivity contribution < 1.29 is 4.74 Å². The van der Waals surface area contributed by atoms with Gasteiger partial charge in [0.2, 0.25) is 0 Å². The van der Waals surface area contributed by atoms with E-state index in [1.807, 2.05) is 0 Å². The van der Waals surface area contributed by atoms with Crippen molar-refractivity contribution in [1.82, 2.24) is 5.32 Å². The second kappa shape index (κ2) is 7.39. The topological polar surface area (TPSA) is 21.3 Å². The molecule has 0 fully saturated rings. The smallest absolute Gasteiger partial charge is 0.0716 e. The van der Waals surface area contributed by atoms with Gasteiger partial charge in [0, 0.05) is 19.7 Å². The van der Waals surface area contributed by atoms with E-state index in [0.29, 0.717) is 12.6 Å². The highest BCUT2D eigenvalue weighted by atomic mass is 16.5. The zero-order chi connectivity index (χ0) is 15.2. The number of aryl methyl sites for hydroxylation is 2. The van der Waals surface area contributed by atoms with Crippen LogP contribution in [0.4, 0.5) is 0 Å².